The molecule has 3 aromatic carbocycles. The zero-order chi connectivity index (χ0) is 16.0. The molecule has 0 saturated heterocycles. The van der Waals surface area contributed by atoms with Gasteiger partial charge in [-0.05, 0) is 30.0 Å². The Morgan fingerprint density at radius 1 is 0.739 bits per heavy atom. The SMILES string of the molecule is C[C@H](c1ccccc1)N1C(=O)c2cccc3cccc(c23)C1=O. The van der Waals surface area contributed by atoms with Crippen LogP contribution in [0.15, 0.2) is 66.7 Å². The highest BCUT2D eigenvalue weighted by atomic mass is 16.2. The Labute approximate surface area is 134 Å². The second-order valence-corrected chi connectivity index (χ2v) is 5.78. The molecular formula is C20H15NO2. The van der Waals surface area contributed by atoms with E-state index in [9.17, 15) is 9.59 Å². The molecule has 0 fully saturated rings. The van der Waals surface area contributed by atoms with E-state index in [0.29, 0.717) is 11.1 Å². The number of imide groups is 1. The van der Waals surface area contributed by atoms with Crippen molar-refractivity contribution in [1.29, 1.82) is 0 Å². The van der Waals surface area contributed by atoms with Crippen LogP contribution in [0, 0.1) is 0 Å². The number of rotatable bonds is 2. The van der Waals surface area contributed by atoms with Crippen molar-refractivity contribution in [2.45, 2.75) is 13.0 Å². The molecule has 0 N–H and O–H groups in total. The molecule has 1 heterocycles. The lowest BCUT2D eigenvalue weighted by Gasteiger charge is -2.32. The van der Waals surface area contributed by atoms with Crippen LogP contribution in [0.3, 0.4) is 0 Å². The van der Waals surface area contributed by atoms with Crippen LogP contribution in [0.1, 0.15) is 39.2 Å². The van der Waals surface area contributed by atoms with Gasteiger partial charge in [-0.1, -0.05) is 54.6 Å². The third kappa shape index (κ3) is 1.97. The van der Waals surface area contributed by atoms with E-state index < -0.39 is 0 Å². The van der Waals surface area contributed by atoms with Gasteiger partial charge in [0.25, 0.3) is 11.8 Å². The number of hydrogen-bond donors (Lipinski definition) is 0. The smallest absolute Gasteiger partial charge is 0.261 e. The van der Waals surface area contributed by atoms with Crippen molar-refractivity contribution in [3.63, 3.8) is 0 Å². The zero-order valence-corrected chi connectivity index (χ0v) is 12.7. The largest absolute Gasteiger partial charge is 0.269 e. The van der Waals surface area contributed by atoms with E-state index in [2.05, 4.69) is 0 Å². The fourth-order valence-corrected chi connectivity index (χ4v) is 3.28. The molecule has 1 aliphatic heterocycles. The van der Waals surface area contributed by atoms with Crippen molar-refractivity contribution >= 4 is 22.6 Å². The van der Waals surface area contributed by atoms with E-state index in [-0.39, 0.29) is 17.9 Å². The molecule has 3 nitrogen and oxygen atoms in total. The molecule has 0 spiro atoms. The van der Waals surface area contributed by atoms with Crippen LogP contribution < -0.4 is 0 Å². The standard InChI is InChI=1S/C20H15NO2/c1-13(14-7-3-2-4-8-14)21-19(22)16-11-5-9-15-10-6-12-17(18(15)16)20(21)23/h2-13H,1H3/t13-/m1/s1. The Balaban J connectivity index is 1.90. The van der Waals surface area contributed by atoms with Gasteiger partial charge < -0.3 is 0 Å². The molecule has 0 aliphatic carbocycles. The van der Waals surface area contributed by atoms with Crippen molar-refractivity contribution in [2.75, 3.05) is 0 Å². The summed E-state index contributed by atoms with van der Waals surface area (Å²) < 4.78 is 0. The molecule has 1 aliphatic rings. The van der Waals surface area contributed by atoms with Gasteiger partial charge in [-0.2, -0.15) is 0 Å². The molecule has 4 rings (SSSR count). The number of benzene rings is 3. The lowest BCUT2D eigenvalue weighted by Crippen LogP contribution is -2.41. The van der Waals surface area contributed by atoms with Gasteiger partial charge in [0.05, 0.1) is 6.04 Å². The fourth-order valence-electron chi connectivity index (χ4n) is 3.28. The summed E-state index contributed by atoms with van der Waals surface area (Å²) in [4.78, 5) is 27.2. The number of hydrogen-bond acceptors (Lipinski definition) is 2. The molecule has 0 bridgehead atoms. The lowest BCUT2D eigenvalue weighted by atomic mass is 9.92. The number of carbonyl (C=O) groups is 2. The van der Waals surface area contributed by atoms with Crippen LogP contribution in [-0.4, -0.2) is 16.7 Å². The summed E-state index contributed by atoms with van der Waals surface area (Å²) in [5, 5.41) is 1.69. The summed E-state index contributed by atoms with van der Waals surface area (Å²) in [7, 11) is 0. The second-order valence-electron chi connectivity index (χ2n) is 5.78. The first-order valence-corrected chi connectivity index (χ1v) is 7.63. The molecule has 0 radical (unpaired) electrons. The number of carbonyl (C=O) groups excluding carboxylic acids is 2. The first-order chi connectivity index (χ1) is 11.2. The zero-order valence-electron chi connectivity index (χ0n) is 12.7. The summed E-state index contributed by atoms with van der Waals surface area (Å²) in [5.74, 6) is -0.452. The molecule has 0 aromatic heterocycles. The minimum absolute atomic E-state index is 0.226. The quantitative estimate of drug-likeness (QED) is 0.665. The van der Waals surface area contributed by atoms with Gasteiger partial charge in [0.1, 0.15) is 0 Å². The first-order valence-electron chi connectivity index (χ1n) is 7.63. The van der Waals surface area contributed by atoms with Gasteiger partial charge in [-0.25, -0.2) is 0 Å². The van der Waals surface area contributed by atoms with Crippen molar-refractivity contribution in [3.8, 4) is 0 Å². The van der Waals surface area contributed by atoms with Crippen LogP contribution in [-0.2, 0) is 0 Å². The van der Waals surface area contributed by atoms with Gasteiger partial charge >= 0.3 is 0 Å². The fraction of sp³-hybridized carbons (Fsp3) is 0.100. The lowest BCUT2D eigenvalue weighted by molar-refractivity contribution is 0.0550. The van der Waals surface area contributed by atoms with Crippen LogP contribution in [0.4, 0.5) is 0 Å². The van der Waals surface area contributed by atoms with E-state index in [1.807, 2.05) is 61.5 Å². The van der Waals surface area contributed by atoms with E-state index >= 15 is 0 Å². The summed E-state index contributed by atoms with van der Waals surface area (Å²) in [6, 6.07) is 20.5. The Morgan fingerprint density at radius 3 is 1.87 bits per heavy atom. The Morgan fingerprint density at radius 2 is 1.30 bits per heavy atom. The summed E-state index contributed by atoms with van der Waals surface area (Å²) in [6.07, 6.45) is 0. The molecular weight excluding hydrogens is 286 g/mol. The highest BCUT2D eigenvalue weighted by Gasteiger charge is 2.36. The van der Waals surface area contributed by atoms with Gasteiger partial charge in [-0.3, -0.25) is 14.5 Å². The van der Waals surface area contributed by atoms with Crippen molar-refractivity contribution in [1.82, 2.24) is 4.90 Å². The van der Waals surface area contributed by atoms with Gasteiger partial charge in [-0.15, -0.1) is 0 Å². The Kier molecular flexibility index (Phi) is 3.01. The monoisotopic (exact) mass is 301 g/mol. The van der Waals surface area contributed by atoms with Crippen LogP contribution in [0.5, 0.6) is 0 Å². The summed E-state index contributed by atoms with van der Waals surface area (Å²) >= 11 is 0. The van der Waals surface area contributed by atoms with Crippen LogP contribution in [0.25, 0.3) is 10.8 Å². The molecule has 23 heavy (non-hydrogen) atoms. The molecule has 0 saturated carbocycles. The minimum Gasteiger partial charge on any atom is -0.269 e. The van der Waals surface area contributed by atoms with Gasteiger partial charge in [0, 0.05) is 16.5 Å². The maximum atomic E-state index is 12.9. The molecule has 0 unspecified atom stereocenters. The first kappa shape index (κ1) is 13.7. The highest BCUT2D eigenvalue weighted by molar-refractivity contribution is 6.25. The molecule has 112 valence electrons. The van der Waals surface area contributed by atoms with Crippen LogP contribution in [0.2, 0.25) is 0 Å². The average Bonchev–Trinajstić information content (AvgIpc) is 2.60. The minimum atomic E-state index is -0.306. The molecule has 3 heteroatoms. The summed E-state index contributed by atoms with van der Waals surface area (Å²) in [6.45, 7) is 1.89. The topological polar surface area (TPSA) is 37.4 Å². The predicted octanol–water partition coefficient (Wildman–Crippen LogP) is 4.20. The third-order valence-electron chi connectivity index (χ3n) is 4.47. The maximum Gasteiger partial charge on any atom is 0.261 e. The molecule has 2 amide bonds. The van der Waals surface area contributed by atoms with Crippen LogP contribution >= 0.6 is 0 Å². The summed E-state index contributed by atoms with van der Waals surface area (Å²) in [5.41, 5.74) is 2.14. The number of amides is 2. The third-order valence-corrected chi connectivity index (χ3v) is 4.47. The van der Waals surface area contributed by atoms with Crippen molar-refractivity contribution in [3.05, 3.63) is 83.4 Å². The maximum absolute atomic E-state index is 12.9. The van der Waals surface area contributed by atoms with E-state index in [1.165, 1.54) is 4.90 Å². The number of nitrogens with zero attached hydrogens (tertiary/aromatic N) is 1. The van der Waals surface area contributed by atoms with Crippen molar-refractivity contribution < 1.29 is 9.59 Å². The molecule has 3 aromatic rings. The van der Waals surface area contributed by atoms with E-state index in [0.717, 1.165) is 16.3 Å². The highest BCUT2D eigenvalue weighted by Crippen LogP contribution is 2.34. The predicted molar refractivity (Wildman–Crippen MR) is 89.3 cm³/mol. The van der Waals surface area contributed by atoms with Crippen molar-refractivity contribution in [2.24, 2.45) is 0 Å². The van der Waals surface area contributed by atoms with E-state index in [1.54, 1.807) is 12.1 Å². The second kappa shape index (κ2) is 5.06. The average molecular weight is 301 g/mol. The Hall–Kier alpha value is -2.94. The Bertz CT molecular complexity index is 880. The molecule has 1 atom stereocenters. The van der Waals surface area contributed by atoms with E-state index in [4.69, 9.17) is 0 Å². The van der Waals surface area contributed by atoms with Gasteiger partial charge in [0.2, 0.25) is 0 Å². The normalized spacial score (nSPS) is 15.1. The van der Waals surface area contributed by atoms with Gasteiger partial charge in [0.15, 0.2) is 0 Å².